The topological polar surface area (TPSA) is 64.3 Å². The number of aromatic nitrogens is 2. The molecule has 1 aromatic rings. The number of nitrogens with zero attached hydrogens (tertiary/aromatic N) is 3. The summed E-state index contributed by atoms with van der Waals surface area (Å²) in [5, 5.41) is 0. The smallest absolute Gasteiger partial charge is 0.161 e. The quantitative estimate of drug-likeness (QED) is 0.921. The van der Waals surface area contributed by atoms with Crippen molar-refractivity contribution in [1.29, 1.82) is 0 Å². The van der Waals surface area contributed by atoms with Crippen molar-refractivity contribution in [3.05, 3.63) is 16.0 Å². The van der Waals surface area contributed by atoms with Gasteiger partial charge in [-0.05, 0) is 28.9 Å². The summed E-state index contributed by atoms with van der Waals surface area (Å²) in [6.07, 6.45) is 0.754. The number of rotatable bonds is 3. The monoisotopic (exact) mass is 314 g/mol. The van der Waals surface area contributed by atoms with Gasteiger partial charge < -0.3 is 10.5 Å². The maximum Gasteiger partial charge on any atom is 0.161 e. The number of morpholine rings is 1. The number of aryl methyl sites for hydroxylation is 1. The summed E-state index contributed by atoms with van der Waals surface area (Å²) >= 11 is 3.42. The van der Waals surface area contributed by atoms with E-state index in [4.69, 9.17) is 10.5 Å². The number of nitrogen functional groups attached to an aromatic ring is 1. The third-order valence-electron chi connectivity index (χ3n) is 3.18. The Bertz CT molecular complexity index is 427. The molecule has 1 aliphatic rings. The molecule has 0 aromatic carbocycles. The molecule has 2 heterocycles. The molecule has 0 amide bonds. The first-order valence-corrected chi connectivity index (χ1v) is 7.10. The van der Waals surface area contributed by atoms with Crippen molar-refractivity contribution in [3.63, 3.8) is 0 Å². The van der Waals surface area contributed by atoms with Crippen molar-refractivity contribution in [2.45, 2.75) is 26.4 Å². The maximum absolute atomic E-state index is 5.90. The molecule has 1 fully saturated rings. The SMILES string of the molecule is CCc1nc(C2CN(CC)CCO2)nc(N)c1Br. The molecule has 0 saturated carbocycles. The maximum atomic E-state index is 5.90. The third-order valence-corrected chi connectivity index (χ3v) is 4.05. The fraction of sp³-hybridized carbons (Fsp3) is 0.667. The van der Waals surface area contributed by atoms with Crippen LogP contribution in [-0.4, -0.2) is 41.1 Å². The molecule has 2 N–H and O–H groups in total. The summed E-state index contributed by atoms with van der Waals surface area (Å²) in [6, 6.07) is 0. The highest BCUT2D eigenvalue weighted by Gasteiger charge is 2.24. The van der Waals surface area contributed by atoms with Gasteiger partial charge in [-0.3, -0.25) is 4.90 Å². The summed E-state index contributed by atoms with van der Waals surface area (Å²) in [4.78, 5) is 11.2. The van der Waals surface area contributed by atoms with E-state index in [1.54, 1.807) is 0 Å². The van der Waals surface area contributed by atoms with Crippen LogP contribution in [0.4, 0.5) is 5.82 Å². The van der Waals surface area contributed by atoms with E-state index < -0.39 is 0 Å². The molecule has 2 rings (SSSR count). The van der Waals surface area contributed by atoms with Gasteiger partial charge in [0, 0.05) is 13.1 Å². The molecule has 0 aliphatic carbocycles. The van der Waals surface area contributed by atoms with Gasteiger partial charge in [0.05, 0.1) is 16.8 Å². The highest BCUT2D eigenvalue weighted by Crippen LogP contribution is 2.26. The third kappa shape index (κ3) is 2.81. The van der Waals surface area contributed by atoms with E-state index in [1.807, 2.05) is 0 Å². The summed E-state index contributed by atoms with van der Waals surface area (Å²) < 4.78 is 6.56. The summed E-state index contributed by atoms with van der Waals surface area (Å²) in [5.41, 5.74) is 6.84. The van der Waals surface area contributed by atoms with Crippen LogP contribution in [0.15, 0.2) is 4.47 Å². The van der Waals surface area contributed by atoms with Crippen LogP contribution >= 0.6 is 15.9 Å². The van der Waals surface area contributed by atoms with E-state index in [1.165, 1.54) is 0 Å². The zero-order valence-electron chi connectivity index (χ0n) is 10.8. The molecular weight excluding hydrogens is 296 g/mol. The lowest BCUT2D eigenvalue weighted by atomic mass is 10.2. The van der Waals surface area contributed by atoms with Crippen LogP contribution in [0.2, 0.25) is 0 Å². The van der Waals surface area contributed by atoms with Crippen molar-refractivity contribution in [2.24, 2.45) is 0 Å². The van der Waals surface area contributed by atoms with Crippen LogP contribution in [0.25, 0.3) is 0 Å². The number of halogens is 1. The van der Waals surface area contributed by atoms with Gasteiger partial charge in [0.25, 0.3) is 0 Å². The van der Waals surface area contributed by atoms with Crippen LogP contribution in [0, 0.1) is 0 Å². The van der Waals surface area contributed by atoms with E-state index in [0.29, 0.717) is 11.6 Å². The number of hydrogen-bond acceptors (Lipinski definition) is 5. The first kappa shape index (κ1) is 13.7. The Balaban J connectivity index is 2.24. The van der Waals surface area contributed by atoms with E-state index in [-0.39, 0.29) is 6.10 Å². The lowest BCUT2D eigenvalue weighted by molar-refractivity contribution is -0.0326. The van der Waals surface area contributed by atoms with Gasteiger partial charge in [-0.25, -0.2) is 9.97 Å². The minimum absolute atomic E-state index is 0.0700. The summed E-state index contributed by atoms with van der Waals surface area (Å²) in [6.45, 7) is 7.75. The van der Waals surface area contributed by atoms with Crippen LogP contribution in [0.5, 0.6) is 0 Å². The number of ether oxygens (including phenoxy) is 1. The second kappa shape index (κ2) is 5.95. The Morgan fingerprint density at radius 2 is 2.22 bits per heavy atom. The van der Waals surface area contributed by atoms with Crippen LogP contribution in [0.3, 0.4) is 0 Å². The lowest BCUT2D eigenvalue weighted by Crippen LogP contribution is -2.38. The average Bonchev–Trinajstić information content (AvgIpc) is 2.41. The fourth-order valence-corrected chi connectivity index (χ4v) is 2.51. The van der Waals surface area contributed by atoms with Gasteiger partial charge in [0.1, 0.15) is 11.9 Å². The summed E-state index contributed by atoms with van der Waals surface area (Å²) in [7, 11) is 0. The zero-order chi connectivity index (χ0) is 13.1. The fourth-order valence-electron chi connectivity index (χ4n) is 2.06. The number of hydrogen-bond donors (Lipinski definition) is 1. The van der Waals surface area contributed by atoms with Gasteiger partial charge >= 0.3 is 0 Å². The van der Waals surface area contributed by atoms with Gasteiger partial charge in [-0.2, -0.15) is 0 Å². The van der Waals surface area contributed by atoms with Crippen LogP contribution < -0.4 is 5.73 Å². The molecule has 0 spiro atoms. The highest BCUT2D eigenvalue weighted by atomic mass is 79.9. The molecule has 18 heavy (non-hydrogen) atoms. The molecule has 1 aliphatic heterocycles. The van der Waals surface area contributed by atoms with Crippen LogP contribution in [0.1, 0.15) is 31.5 Å². The van der Waals surface area contributed by atoms with Crippen molar-refractivity contribution in [3.8, 4) is 0 Å². The molecule has 1 unspecified atom stereocenters. The highest BCUT2D eigenvalue weighted by molar-refractivity contribution is 9.10. The minimum atomic E-state index is -0.0700. The minimum Gasteiger partial charge on any atom is -0.383 e. The standard InChI is InChI=1S/C12H19BrN4O/c1-3-8-10(13)11(14)16-12(15-8)9-7-17(4-2)5-6-18-9/h9H,3-7H2,1-2H3,(H2,14,15,16). The molecule has 5 nitrogen and oxygen atoms in total. The largest absolute Gasteiger partial charge is 0.383 e. The average molecular weight is 315 g/mol. The van der Waals surface area contributed by atoms with Crippen molar-refractivity contribution >= 4 is 21.7 Å². The predicted molar refractivity (Wildman–Crippen MR) is 74.3 cm³/mol. The zero-order valence-corrected chi connectivity index (χ0v) is 12.4. The molecule has 6 heteroatoms. The van der Waals surface area contributed by atoms with E-state index in [9.17, 15) is 0 Å². The molecule has 100 valence electrons. The van der Waals surface area contributed by atoms with Gasteiger partial charge in [0.2, 0.25) is 0 Å². The molecule has 1 saturated heterocycles. The second-order valence-electron chi connectivity index (χ2n) is 4.33. The Morgan fingerprint density at radius 1 is 1.44 bits per heavy atom. The predicted octanol–water partition coefficient (Wildman–Crippen LogP) is 1.78. The van der Waals surface area contributed by atoms with Crippen molar-refractivity contribution < 1.29 is 4.74 Å². The Morgan fingerprint density at radius 3 is 2.89 bits per heavy atom. The van der Waals surface area contributed by atoms with E-state index in [0.717, 1.165) is 42.8 Å². The number of likely N-dealkylation sites (N-methyl/N-ethyl adjacent to an activating group) is 1. The van der Waals surface area contributed by atoms with Crippen LogP contribution in [-0.2, 0) is 11.2 Å². The lowest BCUT2D eigenvalue weighted by Gasteiger charge is -2.31. The molecule has 1 atom stereocenters. The van der Waals surface area contributed by atoms with Gasteiger partial charge in [0.15, 0.2) is 5.82 Å². The molecule has 1 aromatic heterocycles. The second-order valence-corrected chi connectivity index (χ2v) is 5.13. The number of anilines is 1. The van der Waals surface area contributed by atoms with E-state index in [2.05, 4.69) is 44.6 Å². The first-order valence-electron chi connectivity index (χ1n) is 6.31. The molecule has 0 bridgehead atoms. The Hall–Kier alpha value is -0.720. The normalized spacial score (nSPS) is 21.2. The summed E-state index contributed by atoms with van der Waals surface area (Å²) in [5.74, 6) is 1.19. The molecule has 0 radical (unpaired) electrons. The van der Waals surface area contributed by atoms with Crippen molar-refractivity contribution in [2.75, 3.05) is 32.0 Å². The van der Waals surface area contributed by atoms with Gasteiger partial charge in [-0.1, -0.05) is 13.8 Å². The Labute approximate surface area is 116 Å². The molecular formula is C12H19BrN4O. The van der Waals surface area contributed by atoms with E-state index >= 15 is 0 Å². The first-order chi connectivity index (χ1) is 8.65. The Kier molecular flexibility index (Phi) is 4.53. The number of nitrogens with two attached hydrogens (primary N) is 1. The van der Waals surface area contributed by atoms with Crippen molar-refractivity contribution in [1.82, 2.24) is 14.9 Å². The van der Waals surface area contributed by atoms with Gasteiger partial charge in [-0.15, -0.1) is 0 Å².